The van der Waals surface area contributed by atoms with Gasteiger partial charge in [0.2, 0.25) is 0 Å². The number of rotatable bonds is 4. The van der Waals surface area contributed by atoms with Gasteiger partial charge in [0.05, 0.1) is 16.3 Å². The van der Waals surface area contributed by atoms with Crippen LogP contribution in [-0.4, -0.2) is 37.6 Å². The van der Waals surface area contributed by atoms with Crippen molar-refractivity contribution in [1.82, 2.24) is 24.5 Å². The minimum absolute atomic E-state index is 0.0832. The van der Waals surface area contributed by atoms with Crippen molar-refractivity contribution in [2.45, 2.75) is 25.1 Å². The number of alkyl halides is 3. The van der Waals surface area contributed by atoms with E-state index in [-0.39, 0.29) is 11.6 Å². The van der Waals surface area contributed by atoms with E-state index in [0.717, 1.165) is 36.6 Å². The van der Waals surface area contributed by atoms with E-state index in [1.165, 1.54) is 16.9 Å². The molecule has 0 unspecified atom stereocenters. The molecule has 0 N–H and O–H groups in total. The molecule has 1 aliphatic rings. The lowest BCUT2D eigenvalue weighted by Gasteiger charge is -2.15. The van der Waals surface area contributed by atoms with Crippen LogP contribution in [0.25, 0.3) is 16.2 Å². The first-order valence-corrected chi connectivity index (χ1v) is 10.5. The SMILES string of the molecule is FC(F)(F)c1cc(-c2cccs2)nc2cc([C@@H]3CCN(Cc4ccncc4)C3)nn12. The van der Waals surface area contributed by atoms with Gasteiger partial charge in [-0.2, -0.15) is 18.3 Å². The Morgan fingerprint density at radius 3 is 2.70 bits per heavy atom. The molecular formula is C21H18F3N5S. The Balaban J connectivity index is 1.46. The molecule has 1 saturated heterocycles. The monoisotopic (exact) mass is 429 g/mol. The fraction of sp³-hybridized carbons (Fsp3) is 0.286. The number of pyridine rings is 1. The third kappa shape index (κ3) is 3.70. The number of likely N-dealkylation sites (tertiary alicyclic amines) is 1. The Bertz CT molecular complexity index is 1150. The van der Waals surface area contributed by atoms with Gasteiger partial charge in [-0.15, -0.1) is 11.3 Å². The van der Waals surface area contributed by atoms with Gasteiger partial charge in [-0.1, -0.05) is 6.07 Å². The maximum Gasteiger partial charge on any atom is 0.433 e. The highest BCUT2D eigenvalue weighted by Gasteiger charge is 2.36. The van der Waals surface area contributed by atoms with E-state index < -0.39 is 11.9 Å². The van der Waals surface area contributed by atoms with Gasteiger partial charge < -0.3 is 0 Å². The summed E-state index contributed by atoms with van der Waals surface area (Å²) in [4.78, 5) is 11.5. The Morgan fingerprint density at radius 2 is 1.97 bits per heavy atom. The van der Waals surface area contributed by atoms with Crippen molar-refractivity contribution in [2.75, 3.05) is 13.1 Å². The Labute approximate surface area is 174 Å². The molecule has 30 heavy (non-hydrogen) atoms. The normalized spacial score (nSPS) is 17.8. The summed E-state index contributed by atoms with van der Waals surface area (Å²) in [6.07, 6.45) is -0.130. The maximum atomic E-state index is 13.7. The van der Waals surface area contributed by atoms with E-state index in [2.05, 4.69) is 20.0 Å². The van der Waals surface area contributed by atoms with Crippen LogP contribution in [0.1, 0.15) is 29.3 Å². The van der Waals surface area contributed by atoms with E-state index in [1.54, 1.807) is 30.6 Å². The first-order chi connectivity index (χ1) is 14.5. The van der Waals surface area contributed by atoms with Crippen LogP contribution in [0, 0.1) is 0 Å². The molecule has 0 spiro atoms. The third-order valence-electron chi connectivity index (χ3n) is 5.36. The summed E-state index contributed by atoms with van der Waals surface area (Å²) in [5.74, 6) is 0.0832. The van der Waals surface area contributed by atoms with Crippen LogP contribution in [-0.2, 0) is 12.7 Å². The predicted molar refractivity (Wildman–Crippen MR) is 108 cm³/mol. The van der Waals surface area contributed by atoms with Crippen molar-refractivity contribution in [1.29, 1.82) is 0 Å². The molecule has 9 heteroatoms. The zero-order valence-corrected chi connectivity index (χ0v) is 16.7. The molecule has 5 rings (SSSR count). The molecule has 5 heterocycles. The molecule has 0 aromatic carbocycles. The maximum absolute atomic E-state index is 13.7. The topological polar surface area (TPSA) is 46.3 Å². The molecule has 4 aromatic rings. The fourth-order valence-electron chi connectivity index (χ4n) is 3.91. The number of nitrogens with zero attached hydrogens (tertiary/aromatic N) is 5. The summed E-state index contributed by atoms with van der Waals surface area (Å²) < 4.78 is 42.1. The van der Waals surface area contributed by atoms with Crippen molar-refractivity contribution in [3.05, 3.63) is 71.1 Å². The molecule has 0 amide bonds. The predicted octanol–water partition coefficient (Wildman–Crippen LogP) is 4.86. The minimum Gasteiger partial charge on any atom is -0.298 e. The average Bonchev–Trinajstić information content (AvgIpc) is 3.47. The van der Waals surface area contributed by atoms with Crippen molar-refractivity contribution in [2.24, 2.45) is 0 Å². The first kappa shape index (κ1) is 19.2. The van der Waals surface area contributed by atoms with Gasteiger partial charge in [0.15, 0.2) is 11.3 Å². The van der Waals surface area contributed by atoms with E-state index in [1.807, 2.05) is 17.5 Å². The lowest BCUT2D eigenvalue weighted by atomic mass is 10.1. The second-order valence-corrected chi connectivity index (χ2v) is 8.36. The summed E-state index contributed by atoms with van der Waals surface area (Å²) in [6.45, 7) is 2.42. The molecule has 0 aliphatic carbocycles. The van der Waals surface area contributed by atoms with Crippen molar-refractivity contribution in [3.8, 4) is 10.6 Å². The standard InChI is InChI=1S/C21H18F3N5S/c22-21(23,24)19-10-17(18-2-1-9-30-18)26-20-11-16(27-29(19)20)15-5-8-28(13-15)12-14-3-6-25-7-4-14/h1-4,6-7,9-11,15H,5,8,12-13H2/t15-/m1/s1. The second kappa shape index (κ2) is 7.48. The lowest BCUT2D eigenvalue weighted by Crippen LogP contribution is -2.19. The van der Waals surface area contributed by atoms with E-state index >= 15 is 0 Å². The number of hydrogen-bond acceptors (Lipinski definition) is 5. The quantitative estimate of drug-likeness (QED) is 0.465. The summed E-state index contributed by atoms with van der Waals surface area (Å²) in [7, 11) is 0. The Kier molecular flexibility index (Phi) is 4.79. The van der Waals surface area contributed by atoms with Gasteiger partial charge in [-0.3, -0.25) is 9.88 Å². The molecule has 1 aliphatic heterocycles. The molecule has 0 saturated carbocycles. The summed E-state index contributed by atoms with van der Waals surface area (Å²) >= 11 is 1.37. The van der Waals surface area contributed by atoms with Crippen LogP contribution in [0.15, 0.2) is 54.2 Å². The van der Waals surface area contributed by atoms with Crippen molar-refractivity contribution < 1.29 is 13.2 Å². The lowest BCUT2D eigenvalue weighted by molar-refractivity contribution is -0.142. The third-order valence-corrected chi connectivity index (χ3v) is 6.25. The van der Waals surface area contributed by atoms with Crippen LogP contribution < -0.4 is 0 Å². The summed E-state index contributed by atoms with van der Waals surface area (Å²) in [5, 5.41) is 6.15. The van der Waals surface area contributed by atoms with Crippen molar-refractivity contribution in [3.63, 3.8) is 0 Å². The number of thiophene rings is 1. The summed E-state index contributed by atoms with van der Waals surface area (Å²) in [6, 6.07) is 10.3. The number of aromatic nitrogens is 4. The van der Waals surface area contributed by atoms with Crippen LogP contribution in [0.4, 0.5) is 13.2 Å². The van der Waals surface area contributed by atoms with Crippen LogP contribution in [0.5, 0.6) is 0 Å². The van der Waals surface area contributed by atoms with Gasteiger partial charge in [-0.05, 0) is 48.2 Å². The minimum atomic E-state index is -4.51. The van der Waals surface area contributed by atoms with Gasteiger partial charge in [0.1, 0.15) is 0 Å². The van der Waals surface area contributed by atoms with Crippen LogP contribution in [0.2, 0.25) is 0 Å². The van der Waals surface area contributed by atoms with E-state index in [0.29, 0.717) is 16.3 Å². The van der Waals surface area contributed by atoms with Crippen molar-refractivity contribution >= 4 is 17.0 Å². The van der Waals surface area contributed by atoms with Crippen LogP contribution in [0.3, 0.4) is 0 Å². The van der Waals surface area contributed by atoms with Gasteiger partial charge in [0, 0.05) is 37.5 Å². The number of hydrogen-bond donors (Lipinski definition) is 0. The molecular weight excluding hydrogens is 411 g/mol. The molecule has 0 radical (unpaired) electrons. The first-order valence-electron chi connectivity index (χ1n) is 9.60. The molecule has 4 aromatic heterocycles. The molecule has 154 valence electrons. The molecule has 5 nitrogen and oxygen atoms in total. The smallest absolute Gasteiger partial charge is 0.298 e. The zero-order chi connectivity index (χ0) is 20.7. The van der Waals surface area contributed by atoms with Gasteiger partial charge in [-0.25, -0.2) is 9.50 Å². The van der Waals surface area contributed by atoms with Gasteiger partial charge >= 0.3 is 6.18 Å². The Hall–Kier alpha value is -2.78. The fourth-order valence-corrected chi connectivity index (χ4v) is 4.59. The van der Waals surface area contributed by atoms with Crippen LogP contribution >= 0.6 is 11.3 Å². The average molecular weight is 429 g/mol. The zero-order valence-electron chi connectivity index (χ0n) is 15.9. The molecule has 1 fully saturated rings. The highest BCUT2D eigenvalue weighted by atomic mass is 32.1. The summed E-state index contributed by atoms with van der Waals surface area (Å²) in [5.41, 5.74) is 1.59. The highest BCUT2D eigenvalue weighted by Crippen LogP contribution is 2.35. The molecule has 0 bridgehead atoms. The molecule has 1 atom stereocenters. The highest BCUT2D eigenvalue weighted by molar-refractivity contribution is 7.13. The van der Waals surface area contributed by atoms with E-state index in [9.17, 15) is 13.2 Å². The van der Waals surface area contributed by atoms with E-state index in [4.69, 9.17) is 0 Å². The van der Waals surface area contributed by atoms with Gasteiger partial charge in [0.25, 0.3) is 0 Å². The second-order valence-electron chi connectivity index (χ2n) is 7.42. The Morgan fingerprint density at radius 1 is 1.13 bits per heavy atom. The number of halogens is 3. The number of fused-ring (bicyclic) bond motifs is 1. The largest absolute Gasteiger partial charge is 0.433 e.